The average molecular weight is 387 g/mol. The first-order valence-electron chi connectivity index (χ1n) is 9.35. The van der Waals surface area contributed by atoms with Crippen LogP contribution in [-0.2, 0) is 12.8 Å². The van der Waals surface area contributed by atoms with Crippen LogP contribution in [0.1, 0.15) is 22.3 Å². The highest BCUT2D eigenvalue weighted by Gasteiger charge is 2.19. The van der Waals surface area contributed by atoms with E-state index in [0.717, 1.165) is 27.8 Å². The standard InChI is InChI=1S/C26H20ClF/c27-26-22(16-19-10-4-1-5-11-19)18-24(28)23(17-20-12-6-2-7-13-20)25(26)21-14-8-3-9-15-21/h1-15,18H,16-17H2. The third-order valence-corrected chi connectivity index (χ3v) is 5.35. The lowest BCUT2D eigenvalue weighted by atomic mass is 9.91. The molecular weight excluding hydrogens is 367 g/mol. The molecule has 0 heterocycles. The van der Waals surface area contributed by atoms with Crippen LogP contribution < -0.4 is 0 Å². The zero-order valence-corrected chi connectivity index (χ0v) is 16.2. The van der Waals surface area contributed by atoms with Gasteiger partial charge >= 0.3 is 0 Å². The molecule has 0 saturated heterocycles. The fourth-order valence-electron chi connectivity index (χ4n) is 3.54. The summed E-state index contributed by atoms with van der Waals surface area (Å²) < 4.78 is 15.3. The van der Waals surface area contributed by atoms with Gasteiger partial charge in [0.15, 0.2) is 0 Å². The Morgan fingerprint density at radius 2 is 1.14 bits per heavy atom. The lowest BCUT2D eigenvalue weighted by Gasteiger charge is -2.17. The van der Waals surface area contributed by atoms with Crippen molar-refractivity contribution in [3.63, 3.8) is 0 Å². The maximum absolute atomic E-state index is 15.3. The second-order valence-electron chi connectivity index (χ2n) is 6.88. The van der Waals surface area contributed by atoms with Gasteiger partial charge in [-0.2, -0.15) is 0 Å². The minimum atomic E-state index is -0.210. The van der Waals surface area contributed by atoms with Crippen molar-refractivity contribution in [1.82, 2.24) is 0 Å². The predicted molar refractivity (Wildman–Crippen MR) is 115 cm³/mol. The molecule has 0 spiro atoms. The van der Waals surface area contributed by atoms with Crippen molar-refractivity contribution in [2.75, 3.05) is 0 Å². The quantitative estimate of drug-likeness (QED) is 0.337. The minimum absolute atomic E-state index is 0.210. The molecule has 0 bridgehead atoms. The molecule has 0 nitrogen and oxygen atoms in total. The molecule has 0 radical (unpaired) electrons. The molecule has 0 saturated carbocycles. The largest absolute Gasteiger partial charge is 0.207 e. The van der Waals surface area contributed by atoms with Crippen LogP contribution in [0.4, 0.5) is 4.39 Å². The first-order valence-corrected chi connectivity index (χ1v) is 9.73. The molecule has 4 aromatic rings. The zero-order chi connectivity index (χ0) is 19.3. The van der Waals surface area contributed by atoms with Crippen LogP contribution in [0.3, 0.4) is 0 Å². The number of hydrogen-bond acceptors (Lipinski definition) is 0. The van der Waals surface area contributed by atoms with Gasteiger partial charge in [-0.05, 0) is 34.7 Å². The Morgan fingerprint density at radius 1 is 0.643 bits per heavy atom. The van der Waals surface area contributed by atoms with Crippen molar-refractivity contribution in [2.45, 2.75) is 12.8 Å². The summed E-state index contributed by atoms with van der Waals surface area (Å²) in [7, 11) is 0. The fourth-order valence-corrected chi connectivity index (χ4v) is 3.88. The first-order chi connectivity index (χ1) is 13.7. The van der Waals surface area contributed by atoms with E-state index < -0.39 is 0 Å². The first kappa shape index (κ1) is 18.5. The Bertz CT molecular complexity index is 1060. The van der Waals surface area contributed by atoms with Crippen molar-refractivity contribution < 1.29 is 4.39 Å². The summed E-state index contributed by atoms with van der Waals surface area (Å²) in [5.41, 5.74) is 5.34. The molecule has 2 heteroatoms. The monoisotopic (exact) mass is 386 g/mol. The average Bonchev–Trinajstić information content (AvgIpc) is 2.74. The summed E-state index contributed by atoms with van der Waals surface area (Å²) in [4.78, 5) is 0. The molecule has 138 valence electrons. The van der Waals surface area contributed by atoms with Gasteiger partial charge in [-0.1, -0.05) is 103 Å². The van der Waals surface area contributed by atoms with E-state index in [-0.39, 0.29) is 5.82 Å². The molecule has 4 aromatic carbocycles. The van der Waals surface area contributed by atoms with Crippen molar-refractivity contribution in [3.8, 4) is 11.1 Å². The van der Waals surface area contributed by atoms with E-state index in [1.807, 2.05) is 91.0 Å². The van der Waals surface area contributed by atoms with Gasteiger partial charge in [-0.25, -0.2) is 4.39 Å². The Morgan fingerprint density at radius 3 is 1.71 bits per heavy atom. The Balaban J connectivity index is 1.85. The van der Waals surface area contributed by atoms with Crippen LogP contribution in [0, 0.1) is 5.82 Å². The topological polar surface area (TPSA) is 0 Å². The molecule has 0 aromatic heterocycles. The van der Waals surface area contributed by atoms with Crippen LogP contribution in [0.2, 0.25) is 5.02 Å². The Labute approximate surface area is 170 Å². The van der Waals surface area contributed by atoms with Gasteiger partial charge < -0.3 is 0 Å². The summed E-state index contributed by atoms with van der Waals surface area (Å²) in [5, 5.41) is 0.627. The highest BCUT2D eigenvalue weighted by molar-refractivity contribution is 6.34. The molecule has 0 aliphatic carbocycles. The normalized spacial score (nSPS) is 10.8. The van der Waals surface area contributed by atoms with Gasteiger partial charge in [0, 0.05) is 17.5 Å². The predicted octanol–water partition coefficient (Wildman–Crippen LogP) is 7.33. The van der Waals surface area contributed by atoms with E-state index in [1.165, 1.54) is 0 Å². The van der Waals surface area contributed by atoms with Gasteiger partial charge in [0.1, 0.15) is 5.82 Å². The minimum Gasteiger partial charge on any atom is -0.207 e. The van der Waals surface area contributed by atoms with Crippen LogP contribution >= 0.6 is 11.6 Å². The van der Waals surface area contributed by atoms with Gasteiger partial charge in [-0.15, -0.1) is 0 Å². The van der Waals surface area contributed by atoms with Crippen LogP contribution in [0.15, 0.2) is 97.1 Å². The maximum atomic E-state index is 15.3. The number of rotatable bonds is 5. The second-order valence-corrected chi connectivity index (χ2v) is 7.25. The highest BCUT2D eigenvalue weighted by atomic mass is 35.5. The lowest BCUT2D eigenvalue weighted by molar-refractivity contribution is 0.613. The summed E-state index contributed by atoms with van der Waals surface area (Å²) in [6.07, 6.45) is 1.10. The fraction of sp³-hybridized carbons (Fsp3) is 0.0769. The second kappa shape index (κ2) is 8.41. The molecule has 0 unspecified atom stereocenters. The number of benzene rings is 4. The molecule has 0 aliphatic heterocycles. The third kappa shape index (κ3) is 4.00. The summed E-state index contributed by atoms with van der Waals surface area (Å²) >= 11 is 6.87. The number of hydrogen-bond donors (Lipinski definition) is 0. The highest BCUT2D eigenvalue weighted by Crippen LogP contribution is 2.38. The lowest BCUT2D eigenvalue weighted by Crippen LogP contribution is -2.02. The Kier molecular flexibility index (Phi) is 5.55. The molecule has 0 fully saturated rings. The Hall–Kier alpha value is -2.90. The van der Waals surface area contributed by atoms with Gasteiger partial charge in [0.25, 0.3) is 0 Å². The molecule has 0 N–H and O–H groups in total. The summed E-state index contributed by atoms with van der Waals surface area (Å²) in [5.74, 6) is -0.210. The SMILES string of the molecule is Fc1cc(Cc2ccccc2)c(Cl)c(-c2ccccc2)c1Cc1ccccc1. The van der Waals surface area contributed by atoms with Crippen molar-refractivity contribution in [2.24, 2.45) is 0 Å². The summed E-state index contributed by atoms with van der Waals surface area (Å²) in [6, 6.07) is 31.4. The van der Waals surface area contributed by atoms with Crippen LogP contribution in [0.5, 0.6) is 0 Å². The summed E-state index contributed by atoms with van der Waals surface area (Å²) in [6.45, 7) is 0. The molecular formula is C26H20ClF. The smallest absolute Gasteiger partial charge is 0.127 e. The molecule has 0 atom stereocenters. The van der Waals surface area contributed by atoms with Gasteiger partial charge in [0.2, 0.25) is 0 Å². The third-order valence-electron chi connectivity index (χ3n) is 4.92. The molecule has 0 amide bonds. The molecule has 28 heavy (non-hydrogen) atoms. The van der Waals surface area contributed by atoms with Crippen molar-refractivity contribution in [3.05, 3.63) is 130 Å². The van der Waals surface area contributed by atoms with E-state index in [9.17, 15) is 0 Å². The number of halogens is 2. The van der Waals surface area contributed by atoms with E-state index in [1.54, 1.807) is 6.07 Å². The van der Waals surface area contributed by atoms with Crippen molar-refractivity contribution >= 4 is 11.6 Å². The van der Waals surface area contributed by atoms with E-state index >= 15 is 4.39 Å². The molecule has 0 aliphatic rings. The van der Waals surface area contributed by atoms with Crippen LogP contribution in [0.25, 0.3) is 11.1 Å². The van der Waals surface area contributed by atoms with Gasteiger partial charge in [-0.3, -0.25) is 0 Å². The van der Waals surface area contributed by atoms with Crippen LogP contribution in [-0.4, -0.2) is 0 Å². The zero-order valence-electron chi connectivity index (χ0n) is 15.4. The maximum Gasteiger partial charge on any atom is 0.127 e. The van der Waals surface area contributed by atoms with Gasteiger partial charge in [0.05, 0.1) is 5.02 Å². The molecule has 4 rings (SSSR count). The van der Waals surface area contributed by atoms with Crippen molar-refractivity contribution in [1.29, 1.82) is 0 Å². The van der Waals surface area contributed by atoms with E-state index in [2.05, 4.69) is 0 Å². The van der Waals surface area contributed by atoms with E-state index in [4.69, 9.17) is 11.6 Å². The van der Waals surface area contributed by atoms with E-state index in [0.29, 0.717) is 23.4 Å².